The van der Waals surface area contributed by atoms with E-state index in [9.17, 15) is 0 Å². The second kappa shape index (κ2) is 3.61. The van der Waals surface area contributed by atoms with Crippen molar-refractivity contribution in [2.75, 3.05) is 13.2 Å². The van der Waals surface area contributed by atoms with E-state index in [1.165, 1.54) is 24.0 Å². The van der Waals surface area contributed by atoms with Gasteiger partial charge in [0.1, 0.15) is 18.5 Å². The van der Waals surface area contributed by atoms with Crippen LogP contribution in [0.3, 0.4) is 0 Å². The van der Waals surface area contributed by atoms with Crippen molar-refractivity contribution in [3.63, 3.8) is 0 Å². The number of rotatable bonds is 3. The average Bonchev–Trinajstić information content (AvgIpc) is 3.22. The van der Waals surface area contributed by atoms with E-state index in [1.807, 2.05) is 0 Å². The third-order valence-corrected chi connectivity index (χ3v) is 4.06. The lowest BCUT2D eigenvalue weighted by Crippen LogP contribution is -2.18. The molecule has 2 heteroatoms. The van der Waals surface area contributed by atoms with Gasteiger partial charge in [-0.2, -0.15) is 0 Å². The van der Waals surface area contributed by atoms with E-state index in [0.29, 0.717) is 24.5 Å². The van der Waals surface area contributed by atoms with Gasteiger partial charge in [-0.1, -0.05) is 24.3 Å². The first-order valence-corrected chi connectivity index (χ1v) is 6.47. The highest BCUT2D eigenvalue weighted by Gasteiger charge is 2.32. The van der Waals surface area contributed by atoms with E-state index >= 15 is 0 Å². The second-order valence-electron chi connectivity index (χ2n) is 5.20. The number of ether oxygens (including phenoxy) is 2. The van der Waals surface area contributed by atoms with Crippen LogP contribution in [0.5, 0.6) is 5.75 Å². The standard InChI is InChI=1S/C15H16O2/c1-2-13-10-4-6-11(7-5-10)15(13)14(3-1)17-9-12-8-16-12/h1-4,6,10-12H,5,7-9H2. The molecule has 17 heavy (non-hydrogen) atoms. The molecule has 0 amide bonds. The zero-order valence-electron chi connectivity index (χ0n) is 9.76. The van der Waals surface area contributed by atoms with Crippen molar-refractivity contribution in [3.05, 3.63) is 41.5 Å². The molecule has 0 N–H and O–H groups in total. The Balaban J connectivity index is 1.69. The molecule has 1 fully saturated rings. The SMILES string of the molecule is C1=CC2CCC1c1cccc(OCC3CO3)c12. The first kappa shape index (κ1) is 9.72. The zero-order chi connectivity index (χ0) is 11.2. The molecule has 1 aromatic rings. The Morgan fingerprint density at radius 2 is 2.00 bits per heavy atom. The molecule has 3 aliphatic carbocycles. The summed E-state index contributed by atoms with van der Waals surface area (Å²) in [5.41, 5.74) is 2.92. The highest BCUT2D eigenvalue weighted by molar-refractivity contribution is 5.51. The number of hydrogen-bond acceptors (Lipinski definition) is 2. The summed E-state index contributed by atoms with van der Waals surface area (Å²) in [4.78, 5) is 0. The smallest absolute Gasteiger partial charge is 0.123 e. The van der Waals surface area contributed by atoms with E-state index in [2.05, 4.69) is 30.4 Å². The van der Waals surface area contributed by atoms with Crippen molar-refractivity contribution in [2.24, 2.45) is 0 Å². The fourth-order valence-electron chi connectivity index (χ4n) is 3.07. The minimum atomic E-state index is 0.335. The average molecular weight is 228 g/mol. The lowest BCUT2D eigenvalue weighted by Gasteiger charge is -2.34. The van der Waals surface area contributed by atoms with Gasteiger partial charge in [-0.25, -0.2) is 0 Å². The zero-order valence-corrected chi connectivity index (χ0v) is 9.76. The minimum absolute atomic E-state index is 0.335. The van der Waals surface area contributed by atoms with E-state index < -0.39 is 0 Å². The Labute approximate surface area is 101 Å². The van der Waals surface area contributed by atoms with Gasteiger partial charge >= 0.3 is 0 Å². The number of hydrogen-bond donors (Lipinski definition) is 0. The van der Waals surface area contributed by atoms with Crippen molar-refractivity contribution in [1.82, 2.24) is 0 Å². The van der Waals surface area contributed by atoms with Gasteiger partial charge in [-0.05, 0) is 24.5 Å². The molecule has 0 radical (unpaired) electrons. The molecule has 1 aromatic carbocycles. The summed E-state index contributed by atoms with van der Waals surface area (Å²) in [5, 5.41) is 0. The van der Waals surface area contributed by atoms with E-state index in [0.717, 1.165) is 12.4 Å². The predicted octanol–water partition coefficient (Wildman–Crippen LogP) is 3.00. The van der Waals surface area contributed by atoms with Crippen LogP contribution in [-0.4, -0.2) is 19.3 Å². The molecule has 1 aliphatic heterocycles. The molecular formula is C15H16O2. The van der Waals surface area contributed by atoms with Crippen LogP contribution in [0.2, 0.25) is 0 Å². The molecule has 88 valence electrons. The van der Waals surface area contributed by atoms with Gasteiger partial charge in [-0.3, -0.25) is 0 Å². The maximum Gasteiger partial charge on any atom is 0.123 e. The molecule has 0 aromatic heterocycles. The summed E-state index contributed by atoms with van der Waals surface area (Å²) in [6.45, 7) is 1.57. The van der Waals surface area contributed by atoms with E-state index in [-0.39, 0.29) is 0 Å². The molecule has 5 rings (SSSR count). The molecular weight excluding hydrogens is 212 g/mol. The topological polar surface area (TPSA) is 21.8 Å². The Morgan fingerprint density at radius 3 is 2.76 bits per heavy atom. The van der Waals surface area contributed by atoms with Crippen molar-refractivity contribution < 1.29 is 9.47 Å². The maximum atomic E-state index is 5.92. The summed E-state index contributed by atoms with van der Waals surface area (Å²) < 4.78 is 11.1. The third kappa shape index (κ3) is 1.59. The van der Waals surface area contributed by atoms with E-state index in [4.69, 9.17) is 9.47 Å². The molecule has 0 spiro atoms. The predicted molar refractivity (Wildman–Crippen MR) is 65.5 cm³/mol. The Hall–Kier alpha value is -1.28. The first-order valence-electron chi connectivity index (χ1n) is 6.47. The van der Waals surface area contributed by atoms with Crippen LogP contribution >= 0.6 is 0 Å². The van der Waals surface area contributed by atoms with Crippen LogP contribution < -0.4 is 4.74 Å². The molecule has 3 unspecified atom stereocenters. The third-order valence-electron chi connectivity index (χ3n) is 4.06. The second-order valence-corrected chi connectivity index (χ2v) is 5.20. The van der Waals surface area contributed by atoms with Crippen LogP contribution in [0, 0.1) is 0 Å². The largest absolute Gasteiger partial charge is 0.490 e. The number of allylic oxidation sites excluding steroid dienone is 2. The number of benzene rings is 1. The molecule has 1 heterocycles. The molecule has 0 saturated carbocycles. The molecule has 1 saturated heterocycles. The van der Waals surface area contributed by atoms with Gasteiger partial charge in [0.2, 0.25) is 0 Å². The minimum Gasteiger partial charge on any atom is -0.490 e. The number of fused-ring (bicyclic) bond motifs is 1. The molecule has 2 nitrogen and oxygen atoms in total. The normalized spacial score (nSPS) is 32.4. The van der Waals surface area contributed by atoms with Crippen molar-refractivity contribution in [3.8, 4) is 5.75 Å². The van der Waals surface area contributed by atoms with Gasteiger partial charge in [-0.15, -0.1) is 0 Å². The van der Waals surface area contributed by atoms with Gasteiger partial charge < -0.3 is 9.47 Å². The Morgan fingerprint density at radius 1 is 1.18 bits per heavy atom. The molecule has 2 bridgehead atoms. The first-order chi connectivity index (χ1) is 8.42. The van der Waals surface area contributed by atoms with Gasteiger partial charge in [0.25, 0.3) is 0 Å². The molecule has 4 aliphatic rings. The number of epoxide rings is 1. The van der Waals surface area contributed by atoms with E-state index in [1.54, 1.807) is 0 Å². The maximum absolute atomic E-state index is 5.92. The van der Waals surface area contributed by atoms with Gasteiger partial charge in [0.15, 0.2) is 0 Å². The fraction of sp³-hybridized carbons (Fsp3) is 0.467. The summed E-state index contributed by atoms with van der Waals surface area (Å²) in [6, 6.07) is 6.49. The Bertz CT molecular complexity index is 474. The van der Waals surface area contributed by atoms with Crippen molar-refractivity contribution >= 4 is 0 Å². The summed E-state index contributed by atoms with van der Waals surface area (Å²) in [7, 11) is 0. The van der Waals surface area contributed by atoms with Crippen LogP contribution in [0.15, 0.2) is 30.4 Å². The van der Waals surface area contributed by atoms with Crippen LogP contribution in [0.4, 0.5) is 0 Å². The fourth-order valence-corrected chi connectivity index (χ4v) is 3.07. The summed E-state index contributed by atoms with van der Waals surface area (Å²) in [6.07, 6.45) is 7.63. The highest BCUT2D eigenvalue weighted by Crippen LogP contribution is 2.48. The Kier molecular flexibility index (Phi) is 2.06. The quantitative estimate of drug-likeness (QED) is 0.586. The van der Waals surface area contributed by atoms with Crippen LogP contribution in [0.25, 0.3) is 0 Å². The summed E-state index contributed by atoms with van der Waals surface area (Å²) in [5.74, 6) is 2.28. The monoisotopic (exact) mass is 228 g/mol. The van der Waals surface area contributed by atoms with Crippen LogP contribution in [-0.2, 0) is 4.74 Å². The van der Waals surface area contributed by atoms with Crippen molar-refractivity contribution in [1.29, 1.82) is 0 Å². The van der Waals surface area contributed by atoms with Gasteiger partial charge in [0.05, 0.1) is 6.61 Å². The highest BCUT2D eigenvalue weighted by atomic mass is 16.6. The summed E-state index contributed by atoms with van der Waals surface area (Å²) >= 11 is 0. The lowest BCUT2D eigenvalue weighted by atomic mass is 9.71. The van der Waals surface area contributed by atoms with Crippen molar-refractivity contribution in [2.45, 2.75) is 30.8 Å². The van der Waals surface area contributed by atoms with Gasteiger partial charge in [0, 0.05) is 17.4 Å². The van der Waals surface area contributed by atoms with Crippen LogP contribution in [0.1, 0.15) is 35.8 Å². The lowest BCUT2D eigenvalue weighted by molar-refractivity contribution is 0.259. The molecule has 3 atom stereocenters.